The highest BCUT2D eigenvalue weighted by Gasteiger charge is 2.07. The molecule has 1 aromatic rings. The van der Waals surface area contributed by atoms with Crippen LogP contribution in [0.2, 0.25) is 5.02 Å². The molecule has 0 fully saturated rings. The van der Waals surface area contributed by atoms with Crippen LogP contribution < -0.4 is 5.32 Å². The zero-order valence-electron chi connectivity index (χ0n) is 7.69. The smallest absolute Gasteiger partial charge is 0.251 e. The summed E-state index contributed by atoms with van der Waals surface area (Å²) in [5.74, 6) is -0.230. The van der Waals surface area contributed by atoms with Crippen molar-refractivity contribution in [1.29, 1.82) is 0 Å². The minimum Gasteiger partial charge on any atom is -0.347 e. The molecule has 0 heterocycles. The van der Waals surface area contributed by atoms with Crippen molar-refractivity contribution in [3.05, 3.63) is 44.9 Å². The number of hydrogen-bond acceptors (Lipinski definition) is 1. The molecule has 0 unspecified atom stereocenters. The maximum Gasteiger partial charge on any atom is 0.251 e. The van der Waals surface area contributed by atoms with E-state index in [-0.39, 0.29) is 12.5 Å². The molecule has 0 radical (unpaired) electrons. The molecule has 1 N–H and O–H groups in total. The van der Waals surface area contributed by atoms with Crippen LogP contribution in [0.25, 0.3) is 0 Å². The van der Waals surface area contributed by atoms with E-state index < -0.39 is 0 Å². The highest BCUT2D eigenvalue weighted by molar-refractivity contribution is 9.10. The summed E-state index contributed by atoms with van der Waals surface area (Å²) in [6, 6.07) is 4.97. The predicted molar refractivity (Wildman–Crippen MR) is 66.5 cm³/mol. The fraction of sp³-hybridized carbons (Fsp3) is 0.100. The number of halogens is 3. The van der Waals surface area contributed by atoms with Crippen LogP contribution in [0, 0.1) is 0 Å². The minimum absolute atomic E-state index is 0.230. The van der Waals surface area contributed by atoms with E-state index in [1.807, 2.05) is 0 Å². The first kappa shape index (κ1) is 12.6. The van der Waals surface area contributed by atoms with Crippen molar-refractivity contribution in [2.45, 2.75) is 0 Å². The standard InChI is InChI=1S/C10H8BrCl2NO/c1-6(12)5-14-10(15)7-2-3-8(11)9(13)4-7/h2-4H,1,5H2,(H,14,15). The number of amides is 1. The topological polar surface area (TPSA) is 29.1 Å². The Morgan fingerprint density at radius 1 is 1.53 bits per heavy atom. The molecule has 5 heteroatoms. The first-order chi connectivity index (χ1) is 7.00. The molecule has 80 valence electrons. The van der Waals surface area contributed by atoms with E-state index in [0.717, 1.165) is 4.47 Å². The van der Waals surface area contributed by atoms with Crippen molar-refractivity contribution in [3.63, 3.8) is 0 Å². The normalized spacial score (nSPS) is 9.80. The Morgan fingerprint density at radius 3 is 2.73 bits per heavy atom. The highest BCUT2D eigenvalue weighted by Crippen LogP contribution is 2.23. The van der Waals surface area contributed by atoms with Gasteiger partial charge in [-0.2, -0.15) is 0 Å². The maximum absolute atomic E-state index is 11.5. The number of carbonyl (C=O) groups excluding carboxylic acids is 1. The maximum atomic E-state index is 11.5. The number of carbonyl (C=O) groups is 1. The van der Waals surface area contributed by atoms with Crippen LogP contribution in [-0.2, 0) is 0 Å². The summed E-state index contributed by atoms with van der Waals surface area (Å²) >= 11 is 14.6. The molecule has 0 bridgehead atoms. The van der Waals surface area contributed by atoms with Crippen molar-refractivity contribution in [3.8, 4) is 0 Å². The summed E-state index contributed by atoms with van der Waals surface area (Å²) in [4.78, 5) is 11.5. The number of benzene rings is 1. The van der Waals surface area contributed by atoms with E-state index in [1.165, 1.54) is 0 Å². The fourth-order valence-electron chi connectivity index (χ4n) is 0.916. The van der Waals surface area contributed by atoms with Gasteiger partial charge in [0.05, 0.1) is 11.6 Å². The molecule has 0 aliphatic rings. The number of hydrogen-bond donors (Lipinski definition) is 1. The number of rotatable bonds is 3. The Balaban J connectivity index is 2.74. The first-order valence-corrected chi connectivity index (χ1v) is 5.62. The molecule has 2 nitrogen and oxygen atoms in total. The second kappa shape index (κ2) is 5.54. The second-order valence-electron chi connectivity index (χ2n) is 2.83. The average Bonchev–Trinajstić information content (AvgIpc) is 2.18. The van der Waals surface area contributed by atoms with Crippen LogP contribution in [0.1, 0.15) is 10.4 Å². The number of nitrogens with one attached hydrogen (secondary N) is 1. The molecule has 1 aromatic carbocycles. The lowest BCUT2D eigenvalue weighted by Crippen LogP contribution is -2.24. The lowest BCUT2D eigenvalue weighted by Gasteiger charge is -2.04. The van der Waals surface area contributed by atoms with E-state index in [0.29, 0.717) is 15.6 Å². The quantitative estimate of drug-likeness (QED) is 0.908. The molecule has 0 spiro atoms. The molecule has 0 aliphatic carbocycles. The van der Waals surface area contributed by atoms with Crippen molar-refractivity contribution in [2.75, 3.05) is 6.54 Å². The van der Waals surface area contributed by atoms with Crippen LogP contribution in [0.3, 0.4) is 0 Å². The van der Waals surface area contributed by atoms with Gasteiger partial charge < -0.3 is 5.32 Å². The van der Waals surface area contributed by atoms with Gasteiger partial charge in [0.2, 0.25) is 0 Å². The first-order valence-electron chi connectivity index (χ1n) is 4.07. The molecule has 1 amide bonds. The van der Waals surface area contributed by atoms with Gasteiger partial charge in [0.1, 0.15) is 0 Å². The summed E-state index contributed by atoms with van der Waals surface area (Å²) in [7, 11) is 0. The monoisotopic (exact) mass is 307 g/mol. The zero-order chi connectivity index (χ0) is 11.4. The Kier molecular flexibility index (Phi) is 4.64. The third-order valence-electron chi connectivity index (χ3n) is 1.62. The summed E-state index contributed by atoms with van der Waals surface area (Å²) in [5.41, 5.74) is 0.487. The lowest BCUT2D eigenvalue weighted by atomic mass is 10.2. The van der Waals surface area contributed by atoms with Gasteiger partial charge in [0.25, 0.3) is 5.91 Å². The van der Waals surface area contributed by atoms with Gasteiger partial charge in [0.15, 0.2) is 0 Å². The Bertz CT molecular complexity index is 406. The molecule has 15 heavy (non-hydrogen) atoms. The molecule has 0 atom stereocenters. The summed E-state index contributed by atoms with van der Waals surface area (Å²) in [6.45, 7) is 3.71. The zero-order valence-corrected chi connectivity index (χ0v) is 10.8. The fourth-order valence-corrected chi connectivity index (χ4v) is 1.41. The summed E-state index contributed by atoms with van der Waals surface area (Å²) in [6.07, 6.45) is 0. The van der Waals surface area contributed by atoms with E-state index in [9.17, 15) is 4.79 Å². The van der Waals surface area contributed by atoms with Crippen LogP contribution in [0.15, 0.2) is 34.3 Å². The molecule has 0 aliphatic heterocycles. The second-order valence-corrected chi connectivity index (χ2v) is 4.62. The van der Waals surface area contributed by atoms with Crippen molar-refractivity contribution < 1.29 is 4.79 Å². The van der Waals surface area contributed by atoms with Crippen LogP contribution in [-0.4, -0.2) is 12.5 Å². The third kappa shape index (κ3) is 3.86. The van der Waals surface area contributed by atoms with Crippen molar-refractivity contribution in [1.82, 2.24) is 5.32 Å². The van der Waals surface area contributed by atoms with Gasteiger partial charge in [-0.05, 0) is 34.1 Å². The molecule has 0 saturated heterocycles. The SMILES string of the molecule is C=C(Cl)CNC(=O)c1ccc(Br)c(Cl)c1. The molecule has 0 saturated carbocycles. The van der Waals surface area contributed by atoms with Crippen molar-refractivity contribution in [2.24, 2.45) is 0 Å². The Hall–Kier alpha value is -0.510. The van der Waals surface area contributed by atoms with Gasteiger partial charge in [-0.25, -0.2) is 0 Å². The van der Waals surface area contributed by atoms with E-state index in [2.05, 4.69) is 27.8 Å². The minimum atomic E-state index is -0.230. The summed E-state index contributed by atoms with van der Waals surface area (Å²) < 4.78 is 0.752. The van der Waals surface area contributed by atoms with Crippen LogP contribution in [0.4, 0.5) is 0 Å². The van der Waals surface area contributed by atoms with Gasteiger partial charge in [-0.15, -0.1) is 0 Å². The molecular formula is C10H8BrCl2NO. The van der Waals surface area contributed by atoms with Gasteiger partial charge in [-0.1, -0.05) is 29.8 Å². The molecule has 0 aromatic heterocycles. The Morgan fingerprint density at radius 2 is 2.20 bits per heavy atom. The van der Waals surface area contributed by atoms with Gasteiger partial charge >= 0.3 is 0 Å². The van der Waals surface area contributed by atoms with E-state index in [4.69, 9.17) is 23.2 Å². The van der Waals surface area contributed by atoms with Crippen LogP contribution >= 0.6 is 39.1 Å². The predicted octanol–water partition coefficient (Wildman–Crippen LogP) is 3.58. The van der Waals surface area contributed by atoms with E-state index >= 15 is 0 Å². The molecular weight excluding hydrogens is 301 g/mol. The Labute approximate surface area is 106 Å². The third-order valence-corrected chi connectivity index (χ3v) is 2.99. The average molecular weight is 309 g/mol. The summed E-state index contributed by atoms with van der Waals surface area (Å²) in [5, 5.41) is 3.47. The largest absolute Gasteiger partial charge is 0.347 e. The highest BCUT2D eigenvalue weighted by atomic mass is 79.9. The van der Waals surface area contributed by atoms with Gasteiger partial charge in [-0.3, -0.25) is 4.79 Å². The van der Waals surface area contributed by atoms with E-state index in [1.54, 1.807) is 18.2 Å². The van der Waals surface area contributed by atoms with Crippen molar-refractivity contribution >= 4 is 45.0 Å². The van der Waals surface area contributed by atoms with Gasteiger partial charge in [0, 0.05) is 15.1 Å². The van der Waals surface area contributed by atoms with Crippen LogP contribution in [0.5, 0.6) is 0 Å². The molecule has 1 rings (SSSR count). The lowest BCUT2D eigenvalue weighted by molar-refractivity contribution is 0.0957.